The fraction of sp³-hybridized carbons (Fsp3) is 0.250. The van der Waals surface area contributed by atoms with Crippen molar-refractivity contribution in [3.63, 3.8) is 0 Å². The van der Waals surface area contributed by atoms with Crippen LogP contribution in [0.15, 0.2) is 84.9 Å². The van der Waals surface area contributed by atoms with Gasteiger partial charge in [-0.3, -0.25) is 0 Å². The van der Waals surface area contributed by atoms with Crippen LogP contribution in [0, 0.1) is 0 Å². The zero-order valence-electron chi connectivity index (χ0n) is 18.2. The molecule has 0 N–H and O–H groups in total. The Morgan fingerprint density at radius 2 is 1.30 bits per heavy atom. The molecule has 0 atom stereocenters. The Kier molecular flexibility index (Phi) is 15.1. The van der Waals surface area contributed by atoms with Crippen LogP contribution in [0.1, 0.15) is 0 Å². The molecule has 0 aliphatic heterocycles. The second-order valence-corrected chi connectivity index (χ2v) is 20.6. The van der Waals surface area contributed by atoms with Crippen molar-refractivity contribution in [2.75, 3.05) is 6.61 Å². The topological polar surface area (TPSA) is 9.23 Å². The quantitative estimate of drug-likeness (QED) is 0.273. The van der Waals surface area contributed by atoms with E-state index in [1.807, 2.05) is 30.3 Å². The van der Waals surface area contributed by atoms with E-state index in [-0.39, 0.29) is 30.2 Å². The maximum atomic E-state index is 5.72. The molecule has 0 saturated heterocycles. The third-order valence-corrected chi connectivity index (χ3v) is 7.96. The Morgan fingerprint density at radius 3 is 1.67 bits per heavy atom. The normalized spacial score (nSPS) is 10.1. The molecule has 6 heteroatoms. The first kappa shape index (κ1) is 29.5. The zero-order chi connectivity index (χ0) is 20.4. The summed E-state index contributed by atoms with van der Waals surface area (Å²) in [7, 11) is -1.20. The molecule has 0 heterocycles. The number of hydrogen-bond acceptors (Lipinski definition) is 1. The molecule has 0 saturated carbocycles. The Labute approximate surface area is 210 Å². The van der Waals surface area contributed by atoms with E-state index in [4.69, 9.17) is 4.43 Å². The van der Waals surface area contributed by atoms with Crippen LogP contribution >= 0.6 is 0 Å². The van der Waals surface area contributed by atoms with Crippen LogP contribution in [0.25, 0.3) is 21.5 Å². The number of rotatable bonds is 4. The largest absolute Gasteiger partial charge is 1.00 e. The minimum absolute atomic E-state index is 0. The van der Waals surface area contributed by atoms with E-state index in [0.29, 0.717) is 0 Å². The van der Waals surface area contributed by atoms with Crippen molar-refractivity contribution in [3.05, 3.63) is 84.9 Å². The summed E-state index contributed by atoms with van der Waals surface area (Å²) in [5, 5.41) is 5.39. The second-order valence-electron chi connectivity index (χ2n) is 7.77. The first-order valence-electron chi connectivity index (χ1n) is 9.75. The Bertz CT molecular complexity index is 908. The molecule has 4 aromatic carbocycles. The molecule has 4 rings (SSSR count). The summed E-state index contributed by atoms with van der Waals surface area (Å²) in [6.45, 7) is 10.1. The van der Waals surface area contributed by atoms with Gasteiger partial charge in [0.1, 0.15) is 0 Å². The van der Waals surface area contributed by atoms with Gasteiger partial charge >= 0.3 is 80.4 Å². The summed E-state index contributed by atoms with van der Waals surface area (Å²) in [4.78, 5) is 0. The Balaban J connectivity index is 0.000000444. The minimum Gasteiger partial charge on any atom is -1.00 e. The van der Waals surface area contributed by atoms with Gasteiger partial charge in [-0.25, -0.2) is 12.1 Å². The van der Waals surface area contributed by atoms with Gasteiger partial charge in [0, 0.05) is 0 Å². The predicted octanol–water partition coefficient (Wildman–Crippen LogP) is 1.13. The number of benzene rings is 2. The standard InChI is InChI=1S/C13H9.C6H16OSi2.C5H5.2ClH.Zr/c1-3-7-12-10(5-1)9-11-6-2-4-8-13(11)12;1-8-6-5-7-9(2,3)4;1-2-4-5-3-1;;;/h1-9H;5-6H2,1-4H3;1-5H;2*1H;/q-1;;-1;;;+2/p-2. The van der Waals surface area contributed by atoms with E-state index in [1.165, 1.54) is 27.6 Å². The maximum absolute atomic E-state index is 5.72. The summed E-state index contributed by atoms with van der Waals surface area (Å²) >= 11 is 1.73. The number of hydrogen-bond donors (Lipinski definition) is 0. The van der Waals surface area contributed by atoms with Crippen LogP contribution in [-0.2, 0) is 27.8 Å². The molecular formula is C24H30Cl2OSi2Zr-2. The van der Waals surface area contributed by atoms with E-state index in [2.05, 4.69) is 80.8 Å². The average molecular weight is 553 g/mol. The van der Waals surface area contributed by atoms with Gasteiger partial charge in [0.2, 0.25) is 0 Å². The van der Waals surface area contributed by atoms with Crippen LogP contribution in [0.5, 0.6) is 0 Å². The van der Waals surface area contributed by atoms with Crippen molar-refractivity contribution in [1.82, 2.24) is 0 Å². The molecule has 0 unspecified atom stereocenters. The number of fused-ring (bicyclic) bond motifs is 3. The monoisotopic (exact) mass is 550 g/mol. The van der Waals surface area contributed by atoms with E-state index in [1.54, 1.807) is 23.3 Å². The average Bonchev–Trinajstić information content (AvgIpc) is 3.32. The molecule has 0 radical (unpaired) electrons. The van der Waals surface area contributed by atoms with Crippen LogP contribution in [0.3, 0.4) is 0 Å². The SMILES string of the molecule is C[Si](=[Zr+2])CCO[Si](C)(C)C.[Cl-].[Cl-].c1cc[cH-]c1.c1ccc2c(c1)[cH-]c1ccccc12. The van der Waals surface area contributed by atoms with Crippen molar-refractivity contribution < 1.29 is 52.6 Å². The summed E-state index contributed by atoms with van der Waals surface area (Å²) in [6.07, 6.45) is 0. The smallest absolute Gasteiger partial charge is 0.0771 e. The van der Waals surface area contributed by atoms with E-state index >= 15 is 0 Å². The van der Waals surface area contributed by atoms with Crippen molar-refractivity contribution in [1.29, 1.82) is 0 Å². The van der Waals surface area contributed by atoms with Crippen molar-refractivity contribution >= 4 is 35.3 Å². The fourth-order valence-electron chi connectivity index (χ4n) is 2.73. The van der Waals surface area contributed by atoms with Gasteiger partial charge in [0.25, 0.3) is 0 Å². The molecular weight excluding hydrogens is 523 g/mol. The number of halogens is 2. The van der Waals surface area contributed by atoms with Crippen LogP contribution in [0.4, 0.5) is 0 Å². The first-order valence-corrected chi connectivity index (χ1v) is 19.0. The molecule has 0 amide bonds. The van der Waals surface area contributed by atoms with Crippen molar-refractivity contribution in [2.24, 2.45) is 0 Å². The first-order chi connectivity index (χ1) is 13.4. The van der Waals surface area contributed by atoms with Crippen LogP contribution in [0.2, 0.25) is 32.2 Å². The molecule has 0 aliphatic rings. The predicted molar refractivity (Wildman–Crippen MR) is 125 cm³/mol. The summed E-state index contributed by atoms with van der Waals surface area (Å²) < 4.78 is 5.72. The minimum atomic E-state index is -1.20. The summed E-state index contributed by atoms with van der Waals surface area (Å²) in [5.74, 6) is 0. The second kappa shape index (κ2) is 15.3. The van der Waals surface area contributed by atoms with Crippen molar-refractivity contribution in [3.8, 4) is 0 Å². The molecule has 0 aromatic heterocycles. The van der Waals surface area contributed by atoms with Gasteiger partial charge in [-0.15, -0.1) is 39.7 Å². The fourth-order valence-corrected chi connectivity index (χ4v) is 4.81. The maximum Gasteiger partial charge on any atom is -0.0771 e. The zero-order valence-corrected chi connectivity index (χ0v) is 24.1. The van der Waals surface area contributed by atoms with Gasteiger partial charge in [-0.05, 0) is 0 Å². The van der Waals surface area contributed by atoms with E-state index in [9.17, 15) is 0 Å². The van der Waals surface area contributed by atoms with E-state index in [0.717, 1.165) is 6.61 Å². The van der Waals surface area contributed by atoms with Gasteiger partial charge in [-0.1, -0.05) is 36.4 Å². The third kappa shape index (κ3) is 11.2. The summed E-state index contributed by atoms with van der Waals surface area (Å²) in [6, 6.07) is 30.6. The summed E-state index contributed by atoms with van der Waals surface area (Å²) in [5.41, 5.74) is 0.0305. The van der Waals surface area contributed by atoms with Gasteiger partial charge in [0.05, 0.1) is 0 Å². The van der Waals surface area contributed by atoms with E-state index < -0.39 is 8.32 Å². The van der Waals surface area contributed by atoms with Crippen molar-refractivity contribution in [2.45, 2.75) is 32.2 Å². The molecule has 0 spiro atoms. The molecule has 160 valence electrons. The Hall–Kier alpha value is -0.483. The van der Waals surface area contributed by atoms with Gasteiger partial charge in [-0.2, -0.15) is 18.2 Å². The molecule has 0 fully saturated rings. The third-order valence-electron chi connectivity index (χ3n) is 4.09. The molecule has 4 aromatic rings. The molecule has 1 nitrogen and oxygen atoms in total. The molecule has 30 heavy (non-hydrogen) atoms. The molecule has 0 bridgehead atoms. The van der Waals surface area contributed by atoms with Gasteiger partial charge in [0.15, 0.2) is 0 Å². The Morgan fingerprint density at radius 1 is 0.833 bits per heavy atom. The van der Waals surface area contributed by atoms with Crippen LogP contribution < -0.4 is 24.8 Å². The van der Waals surface area contributed by atoms with Gasteiger partial charge < -0.3 is 24.8 Å². The molecule has 0 aliphatic carbocycles. The van der Waals surface area contributed by atoms with Crippen LogP contribution in [-0.4, -0.2) is 20.4 Å².